The lowest BCUT2D eigenvalue weighted by Crippen LogP contribution is -2.43. The third-order valence-corrected chi connectivity index (χ3v) is 4.37. The lowest BCUT2D eigenvalue weighted by atomic mass is 10.2. The second-order valence-corrected chi connectivity index (χ2v) is 5.83. The van der Waals surface area contributed by atoms with E-state index in [-0.39, 0.29) is 11.9 Å². The fourth-order valence-electron chi connectivity index (χ4n) is 2.56. The molecule has 0 aliphatic carbocycles. The first-order valence-corrected chi connectivity index (χ1v) is 7.22. The molecule has 1 aliphatic rings. The molecule has 3 heterocycles. The van der Waals surface area contributed by atoms with Crippen LogP contribution in [-0.2, 0) is 4.79 Å². The van der Waals surface area contributed by atoms with Gasteiger partial charge in [0, 0.05) is 20.6 Å². The molecule has 5 nitrogen and oxygen atoms in total. The minimum Gasteiger partial charge on any atom is -0.347 e. The van der Waals surface area contributed by atoms with Crippen molar-refractivity contribution >= 4 is 33.3 Å². The number of carbonyl (C=O) groups excluding carboxylic acids is 1. The molecule has 0 radical (unpaired) electrons. The summed E-state index contributed by atoms with van der Waals surface area (Å²) < 4.78 is 1.07. The molecule has 0 unspecified atom stereocenters. The van der Waals surface area contributed by atoms with Crippen LogP contribution in [0.1, 0.15) is 12.8 Å². The van der Waals surface area contributed by atoms with Crippen molar-refractivity contribution in [3.8, 4) is 0 Å². The highest BCUT2D eigenvalue weighted by Crippen LogP contribution is 2.32. The molecule has 3 rings (SSSR count). The predicted molar refractivity (Wildman–Crippen MR) is 76.5 cm³/mol. The maximum atomic E-state index is 12.2. The molecule has 2 aromatic heterocycles. The van der Waals surface area contributed by atoms with E-state index in [0.717, 1.165) is 35.4 Å². The Morgan fingerprint density at radius 1 is 1.47 bits per heavy atom. The quantitative estimate of drug-likeness (QED) is 0.838. The molecule has 1 atom stereocenters. The molecule has 19 heavy (non-hydrogen) atoms. The van der Waals surface area contributed by atoms with Gasteiger partial charge in [-0.05, 0) is 24.3 Å². The van der Waals surface area contributed by atoms with Crippen molar-refractivity contribution in [1.29, 1.82) is 0 Å². The fraction of sp³-hybridized carbons (Fsp3) is 0.462. The van der Waals surface area contributed by atoms with Crippen molar-refractivity contribution in [2.75, 3.05) is 25.5 Å². The highest BCUT2D eigenvalue weighted by Gasteiger charge is 2.33. The van der Waals surface area contributed by atoms with Crippen LogP contribution in [0.4, 0.5) is 5.82 Å². The number of hydrogen-bond acceptors (Lipinski definition) is 5. The summed E-state index contributed by atoms with van der Waals surface area (Å²) in [4.78, 5) is 24.7. The standard InChI is InChI=1S/C13H16N4OS/c1-16(2)13(18)10-4-3-6-17(10)12-11-9(5-7-19-11)14-8-15-12/h5,7-8,10H,3-4,6H2,1-2H3/t10-/m0/s1. The van der Waals surface area contributed by atoms with E-state index in [2.05, 4.69) is 14.9 Å². The van der Waals surface area contributed by atoms with Gasteiger partial charge in [-0.25, -0.2) is 9.97 Å². The molecule has 2 aromatic rings. The van der Waals surface area contributed by atoms with Crippen LogP contribution in [0, 0.1) is 0 Å². The Morgan fingerprint density at radius 3 is 3.11 bits per heavy atom. The zero-order chi connectivity index (χ0) is 13.4. The molecular formula is C13H16N4OS. The first-order chi connectivity index (χ1) is 9.18. The second kappa shape index (κ2) is 4.77. The highest BCUT2D eigenvalue weighted by molar-refractivity contribution is 7.17. The number of aromatic nitrogens is 2. The first-order valence-electron chi connectivity index (χ1n) is 6.34. The molecule has 1 saturated heterocycles. The van der Waals surface area contributed by atoms with E-state index in [1.807, 2.05) is 11.4 Å². The van der Waals surface area contributed by atoms with Crippen LogP contribution in [-0.4, -0.2) is 47.5 Å². The van der Waals surface area contributed by atoms with Gasteiger partial charge in [-0.1, -0.05) is 0 Å². The lowest BCUT2D eigenvalue weighted by molar-refractivity contribution is -0.129. The third kappa shape index (κ3) is 2.06. The molecule has 1 fully saturated rings. The summed E-state index contributed by atoms with van der Waals surface area (Å²) in [6.45, 7) is 0.883. The topological polar surface area (TPSA) is 49.3 Å². The summed E-state index contributed by atoms with van der Waals surface area (Å²) in [6, 6.07) is 1.90. The Labute approximate surface area is 115 Å². The van der Waals surface area contributed by atoms with Gasteiger partial charge in [-0.15, -0.1) is 11.3 Å². The predicted octanol–water partition coefficient (Wildman–Crippen LogP) is 1.75. The largest absolute Gasteiger partial charge is 0.347 e. The summed E-state index contributed by atoms with van der Waals surface area (Å²) in [5, 5.41) is 2.02. The Morgan fingerprint density at radius 2 is 2.32 bits per heavy atom. The number of rotatable bonds is 2. The molecule has 100 valence electrons. The summed E-state index contributed by atoms with van der Waals surface area (Å²) in [7, 11) is 3.61. The number of fused-ring (bicyclic) bond motifs is 1. The van der Waals surface area contributed by atoms with Crippen LogP contribution < -0.4 is 4.90 Å². The summed E-state index contributed by atoms with van der Waals surface area (Å²) in [6.07, 6.45) is 3.51. The zero-order valence-corrected chi connectivity index (χ0v) is 11.9. The van der Waals surface area contributed by atoms with Crippen molar-refractivity contribution in [2.24, 2.45) is 0 Å². The number of carbonyl (C=O) groups is 1. The third-order valence-electron chi connectivity index (χ3n) is 3.48. The van der Waals surface area contributed by atoms with Gasteiger partial charge in [0.2, 0.25) is 5.91 Å². The minimum atomic E-state index is -0.0878. The Hall–Kier alpha value is -1.69. The van der Waals surface area contributed by atoms with Crippen molar-refractivity contribution in [3.05, 3.63) is 17.8 Å². The van der Waals surface area contributed by atoms with E-state index in [0.29, 0.717) is 0 Å². The van der Waals surface area contributed by atoms with E-state index >= 15 is 0 Å². The Balaban J connectivity index is 2.01. The molecule has 1 amide bonds. The number of hydrogen-bond donors (Lipinski definition) is 0. The van der Waals surface area contributed by atoms with Crippen molar-refractivity contribution in [1.82, 2.24) is 14.9 Å². The monoisotopic (exact) mass is 276 g/mol. The lowest BCUT2D eigenvalue weighted by Gasteiger charge is -2.27. The van der Waals surface area contributed by atoms with Crippen molar-refractivity contribution < 1.29 is 4.79 Å². The number of nitrogens with zero attached hydrogens (tertiary/aromatic N) is 4. The van der Waals surface area contributed by atoms with Crippen LogP contribution >= 0.6 is 11.3 Å². The Bertz CT molecular complexity index is 609. The minimum absolute atomic E-state index is 0.0878. The van der Waals surface area contributed by atoms with E-state index in [1.165, 1.54) is 0 Å². The highest BCUT2D eigenvalue weighted by atomic mass is 32.1. The van der Waals surface area contributed by atoms with Gasteiger partial charge < -0.3 is 9.80 Å². The van der Waals surface area contributed by atoms with Crippen molar-refractivity contribution in [2.45, 2.75) is 18.9 Å². The summed E-state index contributed by atoms with van der Waals surface area (Å²) in [5.41, 5.74) is 0.956. The van der Waals surface area contributed by atoms with E-state index in [9.17, 15) is 4.79 Å². The average molecular weight is 276 g/mol. The maximum Gasteiger partial charge on any atom is 0.244 e. The number of amides is 1. The average Bonchev–Trinajstić information content (AvgIpc) is 3.05. The fourth-order valence-corrected chi connectivity index (χ4v) is 3.41. The van der Waals surface area contributed by atoms with Gasteiger partial charge in [-0.3, -0.25) is 4.79 Å². The van der Waals surface area contributed by atoms with Gasteiger partial charge in [0.05, 0.1) is 10.2 Å². The van der Waals surface area contributed by atoms with Gasteiger partial charge in [0.25, 0.3) is 0 Å². The van der Waals surface area contributed by atoms with Crippen molar-refractivity contribution in [3.63, 3.8) is 0 Å². The number of thiophene rings is 1. The molecule has 0 N–H and O–H groups in total. The van der Waals surface area contributed by atoms with E-state index in [1.54, 1.807) is 36.7 Å². The molecule has 0 aromatic carbocycles. The van der Waals surface area contributed by atoms with Crippen LogP contribution in [0.2, 0.25) is 0 Å². The SMILES string of the molecule is CN(C)C(=O)[C@@H]1CCCN1c1ncnc2ccsc12. The molecule has 0 spiro atoms. The molecule has 1 aliphatic heterocycles. The number of anilines is 1. The molecule has 0 saturated carbocycles. The first kappa shape index (κ1) is 12.3. The normalized spacial score (nSPS) is 19.1. The van der Waals surface area contributed by atoms with E-state index in [4.69, 9.17) is 0 Å². The number of likely N-dealkylation sites (N-methyl/N-ethyl adjacent to an activating group) is 1. The smallest absolute Gasteiger partial charge is 0.244 e. The molecular weight excluding hydrogens is 260 g/mol. The van der Waals surface area contributed by atoms with Gasteiger partial charge in [0.15, 0.2) is 5.82 Å². The zero-order valence-electron chi connectivity index (χ0n) is 11.0. The Kier molecular flexibility index (Phi) is 3.10. The van der Waals surface area contributed by atoms with E-state index < -0.39 is 0 Å². The second-order valence-electron chi connectivity index (χ2n) is 4.92. The van der Waals surface area contributed by atoms with Gasteiger partial charge in [-0.2, -0.15) is 0 Å². The van der Waals surface area contributed by atoms with Gasteiger partial charge >= 0.3 is 0 Å². The molecule has 0 bridgehead atoms. The van der Waals surface area contributed by atoms with Crippen LogP contribution in [0.15, 0.2) is 17.8 Å². The molecule has 6 heteroatoms. The van der Waals surface area contributed by atoms with Crippen LogP contribution in [0.25, 0.3) is 10.2 Å². The summed E-state index contributed by atoms with van der Waals surface area (Å²) in [5.74, 6) is 1.05. The van der Waals surface area contributed by atoms with Crippen LogP contribution in [0.5, 0.6) is 0 Å². The van der Waals surface area contributed by atoms with Gasteiger partial charge in [0.1, 0.15) is 12.4 Å². The maximum absolute atomic E-state index is 12.2. The summed E-state index contributed by atoms with van der Waals surface area (Å²) >= 11 is 1.63. The van der Waals surface area contributed by atoms with Crippen LogP contribution in [0.3, 0.4) is 0 Å².